The summed E-state index contributed by atoms with van der Waals surface area (Å²) in [6, 6.07) is 6.80. The van der Waals surface area contributed by atoms with Gasteiger partial charge in [-0.25, -0.2) is 4.31 Å². The van der Waals surface area contributed by atoms with E-state index in [4.69, 9.17) is 9.39 Å². The summed E-state index contributed by atoms with van der Waals surface area (Å²) in [5, 5.41) is 19.3. The molecule has 0 aliphatic carbocycles. The van der Waals surface area contributed by atoms with Gasteiger partial charge in [0.05, 0.1) is 12.3 Å². The Bertz CT molecular complexity index is 874. The van der Waals surface area contributed by atoms with E-state index in [2.05, 4.69) is 20.1 Å². The van der Waals surface area contributed by atoms with E-state index in [0.717, 1.165) is 5.56 Å². The van der Waals surface area contributed by atoms with Crippen LogP contribution in [0.3, 0.4) is 0 Å². The van der Waals surface area contributed by atoms with Crippen LogP contribution in [0, 0.1) is 0 Å². The third kappa shape index (κ3) is 6.01. The maximum atomic E-state index is 12.2. The normalized spacial score (nSPS) is 20.5. The van der Waals surface area contributed by atoms with Gasteiger partial charge >= 0.3 is 39.9 Å². The van der Waals surface area contributed by atoms with E-state index in [1.54, 1.807) is 12.1 Å². The zero-order valence-electron chi connectivity index (χ0n) is 15.4. The van der Waals surface area contributed by atoms with Gasteiger partial charge in [-0.3, -0.25) is 14.3 Å². The summed E-state index contributed by atoms with van der Waals surface area (Å²) >= 11 is 0. The summed E-state index contributed by atoms with van der Waals surface area (Å²) in [7, 11) is -3.49. The van der Waals surface area contributed by atoms with E-state index in [1.807, 2.05) is 18.2 Å². The molecule has 1 aliphatic heterocycles. The fourth-order valence-electron chi connectivity index (χ4n) is 2.24. The summed E-state index contributed by atoms with van der Waals surface area (Å²) in [5.74, 6) is -1.94. The summed E-state index contributed by atoms with van der Waals surface area (Å²) < 4.78 is 31.3. The van der Waals surface area contributed by atoms with Gasteiger partial charge < -0.3 is 14.8 Å². The molecule has 28 heavy (non-hydrogen) atoms. The van der Waals surface area contributed by atoms with Gasteiger partial charge in [0.25, 0.3) is 5.91 Å². The molecule has 11 nitrogen and oxygen atoms in total. The van der Waals surface area contributed by atoms with E-state index in [9.17, 15) is 18.3 Å². The number of benzene rings is 1. The van der Waals surface area contributed by atoms with Crippen LogP contribution >= 0.6 is 0 Å². The summed E-state index contributed by atoms with van der Waals surface area (Å²) in [5.41, 5.74) is 0.506. The fraction of sp³-hybridized carbons (Fsp3) is 0.333. The standard InChI is InChI=1S/C15H18N4O7S.Na/c1-10-13(15(21)19(10)27(22,23)24)17-14(20)12(18-25-2)9-26-16-8-11-6-4-3-5-7-11;/h3-8,10,13H,9H2,1-2H3,(H,17,20)(H,22,23,24);/q;+1/p-1/b16-8-,18-12-;/t10-,13-;/m0./s1. The van der Waals surface area contributed by atoms with Crippen molar-refractivity contribution in [3.63, 3.8) is 0 Å². The Morgan fingerprint density at radius 1 is 1.36 bits per heavy atom. The summed E-state index contributed by atoms with van der Waals surface area (Å²) in [6.07, 6.45) is 1.42. The second kappa shape index (κ2) is 10.5. The number of amides is 1. The Morgan fingerprint density at radius 2 is 2.00 bits per heavy atom. The molecular formula is C15H17N4NaO7S. The SMILES string of the molecule is CO/N=C(/CO/N=C\c1ccccc1)C([O-])=N[C@@H]1C(=O)N(S(=O)(=O)O)[C@H]1C.[Na+]. The Labute approximate surface area is 183 Å². The van der Waals surface area contributed by atoms with Crippen LogP contribution < -0.4 is 34.7 Å². The van der Waals surface area contributed by atoms with Crippen molar-refractivity contribution in [3.8, 4) is 0 Å². The molecular weight excluding hydrogens is 403 g/mol. The molecule has 1 amide bonds. The minimum Gasteiger partial charge on any atom is -0.857 e. The third-order valence-electron chi connectivity index (χ3n) is 3.53. The zero-order valence-corrected chi connectivity index (χ0v) is 18.2. The number of hydrogen-bond donors (Lipinski definition) is 1. The van der Waals surface area contributed by atoms with Gasteiger partial charge in [0.15, 0.2) is 12.6 Å². The molecule has 1 aromatic carbocycles. The Balaban J connectivity index is 0.00000392. The first kappa shape index (κ1) is 24.0. The minimum atomic E-state index is -4.69. The van der Waals surface area contributed by atoms with Crippen LogP contribution in [-0.4, -0.2) is 66.8 Å². The van der Waals surface area contributed by atoms with Crippen molar-refractivity contribution < 1.29 is 62.1 Å². The number of nitrogens with zero attached hydrogens (tertiary/aromatic N) is 4. The molecule has 0 aromatic heterocycles. The molecule has 2 atom stereocenters. The number of hydrogen-bond acceptors (Lipinski definition) is 9. The van der Waals surface area contributed by atoms with E-state index >= 15 is 0 Å². The first-order valence-electron chi connectivity index (χ1n) is 7.62. The van der Waals surface area contributed by atoms with Crippen molar-refractivity contribution in [2.24, 2.45) is 15.3 Å². The van der Waals surface area contributed by atoms with E-state index in [1.165, 1.54) is 20.2 Å². The van der Waals surface area contributed by atoms with Crippen LogP contribution in [-0.2, 0) is 24.8 Å². The van der Waals surface area contributed by atoms with Crippen molar-refractivity contribution in [3.05, 3.63) is 35.9 Å². The number of carbonyl (C=O) groups is 1. The zero-order chi connectivity index (χ0) is 20.0. The van der Waals surface area contributed by atoms with Crippen LogP contribution in [0.5, 0.6) is 0 Å². The molecule has 2 rings (SSSR count). The van der Waals surface area contributed by atoms with Crippen LogP contribution in [0.15, 0.2) is 45.6 Å². The largest absolute Gasteiger partial charge is 1.00 e. The maximum Gasteiger partial charge on any atom is 1.00 e. The van der Waals surface area contributed by atoms with Crippen LogP contribution in [0.4, 0.5) is 0 Å². The second-order valence-electron chi connectivity index (χ2n) is 5.37. The van der Waals surface area contributed by atoms with Gasteiger partial charge in [0, 0.05) is 5.90 Å². The van der Waals surface area contributed by atoms with Gasteiger partial charge in [-0.2, -0.15) is 8.42 Å². The molecule has 0 bridgehead atoms. The van der Waals surface area contributed by atoms with Gasteiger partial charge in [0.1, 0.15) is 12.8 Å². The van der Waals surface area contributed by atoms with Crippen molar-refractivity contribution in [2.45, 2.75) is 19.0 Å². The van der Waals surface area contributed by atoms with E-state index in [0.29, 0.717) is 0 Å². The Morgan fingerprint density at radius 3 is 2.54 bits per heavy atom. The van der Waals surface area contributed by atoms with Gasteiger partial charge in [-0.15, -0.1) is 0 Å². The molecule has 1 aromatic rings. The van der Waals surface area contributed by atoms with Crippen molar-refractivity contribution in [2.75, 3.05) is 13.7 Å². The Kier molecular flexibility index (Phi) is 9.04. The monoisotopic (exact) mass is 420 g/mol. The fourth-order valence-corrected chi connectivity index (χ4v) is 3.12. The molecule has 1 saturated heterocycles. The van der Waals surface area contributed by atoms with Crippen molar-refractivity contribution in [1.29, 1.82) is 0 Å². The predicted molar refractivity (Wildman–Crippen MR) is 93.5 cm³/mol. The maximum absolute atomic E-state index is 12.2. The van der Waals surface area contributed by atoms with Crippen molar-refractivity contribution >= 4 is 34.0 Å². The number of rotatable bonds is 8. The first-order chi connectivity index (χ1) is 12.8. The molecule has 1 heterocycles. The summed E-state index contributed by atoms with van der Waals surface area (Å²) in [4.78, 5) is 24.9. The average Bonchev–Trinajstić information content (AvgIpc) is 2.62. The van der Waals surface area contributed by atoms with Crippen molar-refractivity contribution in [1.82, 2.24) is 4.31 Å². The number of oxime groups is 2. The molecule has 0 unspecified atom stereocenters. The van der Waals surface area contributed by atoms with Gasteiger partial charge in [-0.05, 0) is 12.5 Å². The number of β-lactam (4-membered cyclic amide) rings is 1. The summed E-state index contributed by atoms with van der Waals surface area (Å²) in [6.45, 7) is 0.946. The number of carbonyl (C=O) groups excluding carboxylic acids is 1. The molecule has 0 saturated carbocycles. The van der Waals surface area contributed by atoms with Crippen LogP contribution in [0.25, 0.3) is 0 Å². The molecule has 146 valence electrons. The molecule has 1 aliphatic rings. The van der Waals surface area contributed by atoms with Crippen LogP contribution in [0.2, 0.25) is 0 Å². The second-order valence-corrected chi connectivity index (χ2v) is 6.66. The predicted octanol–water partition coefficient (Wildman–Crippen LogP) is -3.80. The van der Waals surface area contributed by atoms with Gasteiger partial charge in [0.2, 0.25) is 0 Å². The Hall–Kier alpha value is -1.99. The quantitative estimate of drug-likeness (QED) is 0.113. The minimum absolute atomic E-state index is 0. The topological polar surface area (TPSA) is 153 Å². The average molecular weight is 420 g/mol. The molecule has 13 heteroatoms. The van der Waals surface area contributed by atoms with E-state index < -0.39 is 34.2 Å². The number of aliphatic imine (C=N–C) groups is 1. The van der Waals surface area contributed by atoms with Gasteiger partial charge in [-0.1, -0.05) is 40.6 Å². The first-order valence-corrected chi connectivity index (χ1v) is 9.01. The van der Waals surface area contributed by atoms with Crippen LogP contribution in [0.1, 0.15) is 12.5 Å². The molecule has 0 radical (unpaired) electrons. The molecule has 0 spiro atoms. The third-order valence-corrected chi connectivity index (χ3v) is 4.54. The van der Waals surface area contributed by atoms with E-state index in [-0.39, 0.29) is 46.2 Å². The smallest absolute Gasteiger partial charge is 0.857 e. The molecule has 1 N–H and O–H groups in total. The molecule has 1 fully saturated rings.